The highest BCUT2D eigenvalue weighted by atomic mass is 16.5. The Hall–Kier alpha value is -3.75. The van der Waals surface area contributed by atoms with E-state index in [2.05, 4.69) is 20.9 Å². The second-order valence-corrected chi connectivity index (χ2v) is 6.69. The fraction of sp³-hybridized carbons (Fsp3) is 0.250. The molecular weight excluding hydrogens is 374 g/mol. The molecular formula is C20H21N5O4. The molecule has 2 aromatic carbocycles. The lowest BCUT2D eigenvalue weighted by molar-refractivity contribution is -0.151. The molecule has 0 aliphatic heterocycles. The van der Waals surface area contributed by atoms with Crippen molar-refractivity contribution in [2.24, 2.45) is 5.92 Å². The van der Waals surface area contributed by atoms with Crippen LogP contribution < -0.4 is 16.2 Å². The van der Waals surface area contributed by atoms with Crippen molar-refractivity contribution in [2.45, 2.75) is 26.6 Å². The highest BCUT2D eigenvalue weighted by Gasteiger charge is 2.26. The Morgan fingerprint density at radius 3 is 2.48 bits per heavy atom. The SMILES string of the molecule is CC(C)[C@H](NC(=O)Nc1ccccc1)C(=O)OCn1nnc2ccccc2c1=O. The molecule has 0 bridgehead atoms. The van der Waals surface area contributed by atoms with Crippen molar-refractivity contribution in [3.8, 4) is 0 Å². The summed E-state index contributed by atoms with van der Waals surface area (Å²) >= 11 is 0. The molecule has 0 saturated heterocycles. The van der Waals surface area contributed by atoms with Crippen LogP contribution in [0.5, 0.6) is 0 Å². The summed E-state index contributed by atoms with van der Waals surface area (Å²) in [7, 11) is 0. The highest BCUT2D eigenvalue weighted by Crippen LogP contribution is 2.08. The largest absolute Gasteiger partial charge is 0.441 e. The van der Waals surface area contributed by atoms with Crippen LogP contribution in [0.3, 0.4) is 0 Å². The van der Waals surface area contributed by atoms with Crippen molar-refractivity contribution in [2.75, 3.05) is 5.32 Å². The third-order valence-corrected chi connectivity index (χ3v) is 4.20. The predicted octanol–water partition coefficient (Wildman–Crippen LogP) is 2.14. The van der Waals surface area contributed by atoms with Crippen LogP contribution in [0, 0.1) is 5.92 Å². The summed E-state index contributed by atoms with van der Waals surface area (Å²) in [4.78, 5) is 37.1. The van der Waals surface area contributed by atoms with E-state index in [-0.39, 0.29) is 5.92 Å². The van der Waals surface area contributed by atoms with Gasteiger partial charge in [-0.1, -0.05) is 49.4 Å². The molecule has 1 aromatic heterocycles. The van der Waals surface area contributed by atoms with E-state index in [0.717, 1.165) is 4.68 Å². The van der Waals surface area contributed by atoms with E-state index in [4.69, 9.17) is 4.74 Å². The molecule has 0 saturated carbocycles. The van der Waals surface area contributed by atoms with Gasteiger partial charge in [0.1, 0.15) is 11.6 Å². The van der Waals surface area contributed by atoms with Crippen molar-refractivity contribution in [3.05, 3.63) is 65.0 Å². The fourth-order valence-electron chi connectivity index (χ4n) is 2.65. The van der Waals surface area contributed by atoms with Gasteiger partial charge in [-0.2, -0.15) is 4.68 Å². The molecule has 2 N–H and O–H groups in total. The number of carbonyl (C=O) groups is 2. The summed E-state index contributed by atoms with van der Waals surface area (Å²) in [6, 6.07) is 14.2. The molecule has 150 valence electrons. The number of hydrogen-bond acceptors (Lipinski definition) is 6. The lowest BCUT2D eigenvalue weighted by Gasteiger charge is -2.21. The Morgan fingerprint density at radius 2 is 1.76 bits per heavy atom. The number of nitrogens with one attached hydrogen (secondary N) is 2. The topological polar surface area (TPSA) is 115 Å². The lowest BCUT2D eigenvalue weighted by atomic mass is 10.1. The molecule has 0 spiro atoms. The van der Waals surface area contributed by atoms with Gasteiger partial charge in [-0.25, -0.2) is 9.59 Å². The van der Waals surface area contributed by atoms with Gasteiger partial charge in [0.05, 0.1) is 5.39 Å². The zero-order valence-corrected chi connectivity index (χ0v) is 16.0. The van der Waals surface area contributed by atoms with Crippen molar-refractivity contribution in [3.63, 3.8) is 0 Å². The van der Waals surface area contributed by atoms with Gasteiger partial charge in [0.2, 0.25) is 0 Å². The van der Waals surface area contributed by atoms with Crippen molar-refractivity contribution in [1.29, 1.82) is 0 Å². The van der Waals surface area contributed by atoms with Gasteiger partial charge >= 0.3 is 12.0 Å². The van der Waals surface area contributed by atoms with Gasteiger partial charge < -0.3 is 15.4 Å². The summed E-state index contributed by atoms with van der Waals surface area (Å²) in [5.41, 5.74) is 0.637. The maximum atomic E-state index is 12.5. The van der Waals surface area contributed by atoms with Gasteiger partial charge in [-0.05, 0) is 30.2 Å². The summed E-state index contributed by atoms with van der Waals surface area (Å²) in [5, 5.41) is 13.3. The van der Waals surface area contributed by atoms with Crippen LogP contribution in [0.25, 0.3) is 10.9 Å². The standard InChI is InChI=1S/C20H21N5O4/c1-13(2)17(22-20(28)21-14-8-4-3-5-9-14)19(27)29-12-25-18(26)15-10-6-7-11-16(15)23-24-25/h3-11,13,17H,12H2,1-2H3,(H2,21,22,28)/t17-/m0/s1. The van der Waals surface area contributed by atoms with Crippen LogP contribution in [0.1, 0.15) is 13.8 Å². The Labute approximate surface area is 166 Å². The molecule has 2 amide bonds. The predicted molar refractivity (Wildman–Crippen MR) is 107 cm³/mol. The van der Waals surface area contributed by atoms with Crippen LogP contribution in [-0.2, 0) is 16.3 Å². The number of nitrogens with zero attached hydrogens (tertiary/aromatic N) is 3. The first-order valence-electron chi connectivity index (χ1n) is 9.07. The molecule has 1 atom stereocenters. The number of fused-ring (bicyclic) bond motifs is 1. The Bertz CT molecular complexity index is 1070. The summed E-state index contributed by atoms with van der Waals surface area (Å²) in [6.07, 6.45) is 0. The van der Waals surface area contributed by atoms with Crippen molar-refractivity contribution >= 4 is 28.6 Å². The molecule has 0 radical (unpaired) electrons. The Kier molecular flexibility index (Phi) is 6.18. The van der Waals surface area contributed by atoms with Crippen LogP contribution in [0.4, 0.5) is 10.5 Å². The second kappa shape index (κ2) is 8.96. The maximum absolute atomic E-state index is 12.5. The average molecular weight is 395 g/mol. The average Bonchev–Trinajstić information content (AvgIpc) is 2.72. The van der Waals surface area contributed by atoms with E-state index >= 15 is 0 Å². The minimum atomic E-state index is -0.900. The summed E-state index contributed by atoms with van der Waals surface area (Å²) in [5.74, 6) is -0.909. The minimum absolute atomic E-state index is 0.233. The van der Waals surface area contributed by atoms with Crippen molar-refractivity contribution < 1.29 is 14.3 Å². The van der Waals surface area contributed by atoms with E-state index in [9.17, 15) is 14.4 Å². The monoisotopic (exact) mass is 395 g/mol. The van der Waals surface area contributed by atoms with E-state index in [1.165, 1.54) is 0 Å². The van der Waals surface area contributed by atoms with E-state index in [0.29, 0.717) is 16.6 Å². The number of rotatable bonds is 6. The molecule has 0 aliphatic rings. The molecule has 9 nitrogen and oxygen atoms in total. The van der Waals surface area contributed by atoms with Crippen molar-refractivity contribution in [1.82, 2.24) is 20.3 Å². The number of anilines is 1. The molecule has 1 heterocycles. The summed E-state index contributed by atoms with van der Waals surface area (Å²) in [6.45, 7) is 3.15. The first-order valence-corrected chi connectivity index (χ1v) is 9.07. The van der Waals surface area contributed by atoms with Gasteiger partial charge in [0.25, 0.3) is 5.56 Å². The number of urea groups is 1. The van der Waals surface area contributed by atoms with Gasteiger partial charge in [-0.15, -0.1) is 5.10 Å². The zero-order valence-electron chi connectivity index (χ0n) is 16.0. The number of carbonyl (C=O) groups excluding carboxylic acids is 2. The first-order chi connectivity index (χ1) is 14.0. The molecule has 3 aromatic rings. The minimum Gasteiger partial charge on any atom is -0.441 e. The smallest absolute Gasteiger partial charge is 0.330 e. The number of esters is 1. The summed E-state index contributed by atoms with van der Waals surface area (Å²) < 4.78 is 6.17. The number of para-hydroxylation sites is 1. The third-order valence-electron chi connectivity index (χ3n) is 4.20. The van der Waals surface area contributed by atoms with Gasteiger partial charge in [-0.3, -0.25) is 4.79 Å². The van der Waals surface area contributed by atoms with E-state index < -0.39 is 30.3 Å². The second-order valence-electron chi connectivity index (χ2n) is 6.69. The quantitative estimate of drug-likeness (QED) is 0.618. The van der Waals surface area contributed by atoms with E-state index in [1.807, 2.05) is 6.07 Å². The first kappa shape index (κ1) is 20.0. The normalized spacial score (nSPS) is 11.8. The number of benzene rings is 2. The molecule has 0 unspecified atom stereocenters. The number of aromatic nitrogens is 3. The molecule has 9 heteroatoms. The van der Waals surface area contributed by atoms with Crippen LogP contribution >= 0.6 is 0 Å². The Balaban J connectivity index is 1.65. The molecule has 0 aliphatic carbocycles. The zero-order chi connectivity index (χ0) is 20.8. The highest BCUT2D eigenvalue weighted by molar-refractivity contribution is 5.92. The number of ether oxygens (including phenoxy) is 1. The lowest BCUT2D eigenvalue weighted by Crippen LogP contribution is -2.47. The van der Waals surface area contributed by atoms with Gasteiger partial charge in [0, 0.05) is 5.69 Å². The molecule has 0 fully saturated rings. The third kappa shape index (κ3) is 4.95. The fourth-order valence-corrected chi connectivity index (χ4v) is 2.65. The van der Waals surface area contributed by atoms with Gasteiger partial charge in [0.15, 0.2) is 6.73 Å². The maximum Gasteiger partial charge on any atom is 0.330 e. The van der Waals surface area contributed by atoms with E-state index in [1.54, 1.807) is 62.4 Å². The number of amides is 2. The van der Waals surface area contributed by atoms with Crippen LogP contribution in [-0.4, -0.2) is 33.0 Å². The Morgan fingerprint density at radius 1 is 1.07 bits per heavy atom. The van der Waals surface area contributed by atoms with Crippen LogP contribution in [0.15, 0.2) is 59.4 Å². The molecule has 29 heavy (non-hydrogen) atoms. The van der Waals surface area contributed by atoms with Crippen LogP contribution in [0.2, 0.25) is 0 Å². The number of hydrogen-bond donors (Lipinski definition) is 2. The molecule has 3 rings (SSSR count).